The highest BCUT2D eigenvalue weighted by Crippen LogP contribution is 2.19. The lowest BCUT2D eigenvalue weighted by Gasteiger charge is -2.27. The first-order chi connectivity index (χ1) is 11.9. The maximum atomic E-state index is 12.1. The van der Waals surface area contributed by atoms with Crippen LogP contribution in [0, 0.1) is 6.92 Å². The van der Waals surface area contributed by atoms with Crippen LogP contribution in [-0.2, 0) is 24.9 Å². The Bertz CT molecular complexity index is 813. The van der Waals surface area contributed by atoms with E-state index in [9.17, 15) is 9.59 Å². The fourth-order valence-corrected chi connectivity index (χ4v) is 3.21. The number of carbonyl (C=O) groups excluding carboxylic acids is 1. The van der Waals surface area contributed by atoms with E-state index in [0.717, 1.165) is 25.1 Å². The molecule has 1 amide bonds. The van der Waals surface area contributed by atoms with Crippen molar-refractivity contribution < 1.29 is 9.32 Å². The van der Waals surface area contributed by atoms with Crippen LogP contribution in [0.5, 0.6) is 0 Å². The van der Waals surface area contributed by atoms with Crippen molar-refractivity contribution in [3.8, 4) is 0 Å². The lowest BCUT2D eigenvalue weighted by atomic mass is 10.2. The van der Waals surface area contributed by atoms with Crippen LogP contribution in [0.3, 0.4) is 0 Å². The molecule has 3 heterocycles. The second-order valence-electron chi connectivity index (χ2n) is 6.54. The molecule has 8 heteroatoms. The zero-order valence-corrected chi connectivity index (χ0v) is 14.8. The quantitative estimate of drug-likeness (QED) is 0.793. The molecule has 0 saturated carbocycles. The van der Waals surface area contributed by atoms with Crippen molar-refractivity contribution >= 4 is 5.91 Å². The van der Waals surface area contributed by atoms with Gasteiger partial charge < -0.3 is 14.0 Å². The monoisotopic (exact) mass is 345 g/mol. The summed E-state index contributed by atoms with van der Waals surface area (Å²) in [7, 11) is 1.74. The van der Waals surface area contributed by atoms with E-state index >= 15 is 0 Å². The number of aromatic nitrogens is 3. The molecule has 134 valence electrons. The molecule has 3 rings (SSSR count). The number of aryl methyl sites for hydroxylation is 2. The van der Waals surface area contributed by atoms with Gasteiger partial charge in [0.05, 0.1) is 6.54 Å². The predicted molar refractivity (Wildman–Crippen MR) is 90.6 cm³/mol. The lowest BCUT2D eigenvalue weighted by Crippen LogP contribution is -2.40. The average molecular weight is 345 g/mol. The van der Waals surface area contributed by atoms with Crippen molar-refractivity contribution in [3.05, 3.63) is 46.0 Å². The number of nitrogens with zero attached hydrogens (tertiary/aromatic N) is 5. The minimum Gasteiger partial charge on any atom is -0.340 e. The Morgan fingerprint density at radius 1 is 1.48 bits per heavy atom. The number of likely N-dealkylation sites (tertiary alicyclic amines) is 1. The number of amides is 1. The lowest BCUT2D eigenvalue weighted by molar-refractivity contribution is -0.131. The van der Waals surface area contributed by atoms with Crippen molar-refractivity contribution in [1.82, 2.24) is 24.5 Å². The van der Waals surface area contributed by atoms with Crippen molar-refractivity contribution in [1.29, 1.82) is 0 Å². The SMILES string of the molecule is CC(=O)N(Cc1noc(C)n1)[C@H]1CCN(Cc2ccn(C)c(=O)c2)C1. The van der Waals surface area contributed by atoms with Crippen LogP contribution in [0.2, 0.25) is 0 Å². The van der Waals surface area contributed by atoms with Gasteiger partial charge in [0.15, 0.2) is 5.82 Å². The van der Waals surface area contributed by atoms with Crippen LogP contribution < -0.4 is 5.56 Å². The van der Waals surface area contributed by atoms with Crippen LogP contribution >= 0.6 is 0 Å². The Kier molecular flexibility index (Phi) is 4.98. The number of rotatable bonds is 5. The van der Waals surface area contributed by atoms with Crippen LogP contribution in [0.4, 0.5) is 0 Å². The molecule has 0 aliphatic carbocycles. The highest BCUT2D eigenvalue weighted by molar-refractivity contribution is 5.73. The van der Waals surface area contributed by atoms with Crippen LogP contribution in [-0.4, -0.2) is 49.5 Å². The highest BCUT2D eigenvalue weighted by Gasteiger charge is 2.30. The van der Waals surface area contributed by atoms with Gasteiger partial charge >= 0.3 is 0 Å². The summed E-state index contributed by atoms with van der Waals surface area (Å²) in [5.74, 6) is 1.03. The van der Waals surface area contributed by atoms with Gasteiger partial charge in [0, 0.05) is 58.8 Å². The van der Waals surface area contributed by atoms with Crippen molar-refractivity contribution in [2.45, 2.75) is 39.4 Å². The predicted octanol–water partition coefficient (Wildman–Crippen LogP) is 0.700. The highest BCUT2D eigenvalue weighted by atomic mass is 16.5. The number of hydrogen-bond acceptors (Lipinski definition) is 6. The third-order valence-electron chi connectivity index (χ3n) is 4.55. The van der Waals surface area contributed by atoms with E-state index in [0.29, 0.717) is 24.8 Å². The van der Waals surface area contributed by atoms with E-state index in [1.165, 1.54) is 0 Å². The first-order valence-corrected chi connectivity index (χ1v) is 8.36. The number of hydrogen-bond donors (Lipinski definition) is 0. The van der Waals surface area contributed by atoms with Gasteiger partial charge in [0.25, 0.3) is 5.56 Å². The van der Waals surface area contributed by atoms with E-state index in [4.69, 9.17) is 4.52 Å². The zero-order chi connectivity index (χ0) is 18.0. The molecule has 0 spiro atoms. The van der Waals surface area contributed by atoms with Gasteiger partial charge in [-0.1, -0.05) is 5.16 Å². The summed E-state index contributed by atoms with van der Waals surface area (Å²) < 4.78 is 6.54. The Labute approximate surface area is 146 Å². The van der Waals surface area contributed by atoms with Crippen molar-refractivity contribution in [2.24, 2.45) is 7.05 Å². The molecule has 8 nitrogen and oxygen atoms in total. The van der Waals surface area contributed by atoms with Gasteiger partial charge in [-0.25, -0.2) is 0 Å². The molecule has 2 aromatic rings. The van der Waals surface area contributed by atoms with Gasteiger partial charge in [-0.05, 0) is 18.1 Å². The summed E-state index contributed by atoms with van der Waals surface area (Å²) in [5.41, 5.74) is 0.984. The average Bonchev–Trinajstić information content (AvgIpc) is 3.17. The molecule has 0 N–H and O–H groups in total. The van der Waals surface area contributed by atoms with Gasteiger partial charge in [0.2, 0.25) is 11.8 Å². The fourth-order valence-electron chi connectivity index (χ4n) is 3.21. The Balaban J connectivity index is 1.64. The molecule has 0 aromatic carbocycles. The second-order valence-corrected chi connectivity index (χ2v) is 6.54. The van der Waals surface area contributed by atoms with E-state index < -0.39 is 0 Å². The fraction of sp³-hybridized carbons (Fsp3) is 0.529. The van der Waals surface area contributed by atoms with Gasteiger partial charge in [-0.2, -0.15) is 4.98 Å². The smallest absolute Gasteiger partial charge is 0.250 e. The Hall–Kier alpha value is -2.48. The minimum atomic E-state index is -0.00825. The largest absolute Gasteiger partial charge is 0.340 e. The van der Waals surface area contributed by atoms with Crippen molar-refractivity contribution in [2.75, 3.05) is 13.1 Å². The molecule has 1 fully saturated rings. The van der Waals surface area contributed by atoms with Gasteiger partial charge in [-0.3, -0.25) is 14.5 Å². The van der Waals surface area contributed by atoms with E-state index in [1.54, 1.807) is 42.6 Å². The van der Waals surface area contributed by atoms with Crippen LogP contribution in [0.1, 0.15) is 30.6 Å². The molecule has 0 radical (unpaired) electrons. The molecule has 0 bridgehead atoms. The summed E-state index contributed by atoms with van der Waals surface area (Å²) in [6.07, 6.45) is 2.67. The molecule has 1 aliphatic heterocycles. The molecule has 0 unspecified atom stereocenters. The third-order valence-corrected chi connectivity index (χ3v) is 4.55. The summed E-state index contributed by atoms with van der Waals surface area (Å²) in [5, 5.41) is 3.88. The molecular formula is C17H23N5O3. The zero-order valence-electron chi connectivity index (χ0n) is 14.8. The van der Waals surface area contributed by atoms with Crippen LogP contribution in [0.25, 0.3) is 0 Å². The number of pyridine rings is 1. The second kappa shape index (κ2) is 7.18. The Morgan fingerprint density at radius 3 is 2.92 bits per heavy atom. The maximum Gasteiger partial charge on any atom is 0.250 e. The molecule has 25 heavy (non-hydrogen) atoms. The number of carbonyl (C=O) groups is 1. The maximum absolute atomic E-state index is 12.1. The minimum absolute atomic E-state index is 0.00267. The first-order valence-electron chi connectivity index (χ1n) is 8.36. The third kappa shape index (κ3) is 4.14. The summed E-state index contributed by atoms with van der Waals surface area (Å²) >= 11 is 0. The molecule has 1 aliphatic rings. The van der Waals surface area contributed by atoms with E-state index in [1.807, 2.05) is 6.07 Å². The molecule has 1 atom stereocenters. The standard InChI is InChI=1S/C17H23N5O3/c1-12-18-16(19-25-12)11-22(13(2)23)15-5-7-21(10-15)9-14-4-6-20(3)17(24)8-14/h4,6,8,15H,5,7,9-11H2,1-3H3/t15-/m0/s1. The van der Waals surface area contributed by atoms with E-state index in [2.05, 4.69) is 15.0 Å². The topological polar surface area (TPSA) is 84.5 Å². The molecule has 2 aromatic heterocycles. The summed E-state index contributed by atoms with van der Waals surface area (Å²) in [4.78, 5) is 32.1. The Morgan fingerprint density at radius 2 is 2.28 bits per heavy atom. The summed E-state index contributed by atoms with van der Waals surface area (Å²) in [6.45, 7) is 6.02. The van der Waals surface area contributed by atoms with E-state index in [-0.39, 0.29) is 17.5 Å². The normalized spacial score (nSPS) is 17.8. The van der Waals surface area contributed by atoms with Crippen molar-refractivity contribution in [3.63, 3.8) is 0 Å². The van der Waals surface area contributed by atoms with Gasteiger partial charge in [-0.15, -0.1) is 0 Å². The molecule has 1 saturated heterocycles. The molecular weight excluding hydrogens is 322 g/mol. The first kappa shape index (κ1) is 17.3. The van der Waals surface area contributed by atoms with Crippen LogP contribution in [0.15, 0.2) is 27.6 Å². The summed E-state index contributed by atoms with van der Waals surface area (Å²) in [6, 6.07) is 3.74. The van der Waals surface area contributed by atoms with Gasteiger partial charge in [0.1, 0.15) is 0 Å².